The van der Waals surface area contributed by atoms with E-state index in [1.807, 2.05) is 43.4 Å². The average Bonchev–Trinajstić information content (AvgIpc) is 3.22. The molecule has 2 aliphatic carbocycles. The Kier molecular flexibility index (Phi) is 14.7. The number of methoxy groups -OCH3 is 1. The highest BCUT2D eigenvalue weighted by Crippen LogP contribution is 2.61. The molecule has 1 saturated heterocycles. The highest BCUT2D eigenvalue weighted by atomic mass is 16.8. The third-order valence-electron chi connectivity index (χ3n) is 11.8. The van der Waals surface area contributed by atoms with Gasteiger partial charge in [-0.15, -0.1) is 6.58 Å². The number of oxime groups is 1. The van der Waals surface area contributed by atoms with E-state index < -0.39 is 24.0 Å². The van der Waals surface area contributed by atoms with Gasteiger partial charge in [-0.05, 0) is 91.8 Å². The van der Waals surface area contributed by atoms with Crippen LogP contribution in [-0.2, 0) is 25.5 Å². The summed E-state index contributed by atoms with van der Waals surface area (Å²) in [6.45, 7) is 9.27. The van der Waals surface area contributed by atoms with Gasteiger partial charge in [-0.1, -0.05) is 54.9 Å². The Hall–Kier alpha value is -4.16. The van der Waals surface area contributed by atoms with Gasteiger partial charge in [0.05, 0.1) is 38.4 Å². The lowest BCUT2D eigenvalue weighted by Gasteiger charge is -2.59. The topological polar surface area (TPSA) is 129 Å². The molecule has 7 atom stereocenters. The standard InChI is InChI=1S/C45H60N2O9/c1-5-23-52-34-19-20-39-37(29-34)43-35(17-8-11-22-49)32(15-7-10-21-48)28-36-38(46-56-42-18-9-12-25-53-42)30-40(45(55-39,44(36)43)54-24-6-2)47(3)41(50)27-31-14-13-16-33(26-31)51-4/h5-6,13-14,16,19-20,26,28-29,32,35,40,42-44,48-49H,1-2,7-12,15,17-18,21-25,27,30H2,3-4H3. The molecule has 2 fully saturated rings. The van der Waals surface area contributed by atoms with E-state index in [0.717, 1.165) is 67.4 Å². The Bertz CT molecular complexity index is 1700. The lowest BCUT2D eigenvalue weighted by atomic mass is 9.55. The minimum absolute atomic E-state index is 0.107. The van der Waals surface area contributed by atoms with Crippen molar-refractivity contribution in [3.05, 3.63) is 90.6 Å². The Labute approximate surface area is 331 Å². The van der Waals surface area contributed by atoms with E-state index in [1.54, 1.807) is 24.2 Å². The number of hydrogen-bond donors (Lipinski definition) is 2. The van der Waals surface area contributed by atoms with E-state index in [-0.39, 0.29) is 49.9 Å². The van der Waals surface area contributed by atoms with Crippen molar-refractivity contribution >= 4 is 11.6 Å². The molecular formula is C45H60N2O9. The number of aliphatic hydroxyl groups excluding tert-OH is 2. The van der Waals surface area contributed by atoms with Crippen LogP contribution in [0.5, 0.6) is 17.2 Å². The van der Waals surface area contributed by atoms with Gasteiger partial charge in [-0.2, -0.15) is 0 Å². The van der Waals surface area contributed by atoms with Crippen LogP contribution in [0.2, 0.25) is 0 Å². The van der Waals surface area contributed by atoms with Crippen LogP contribution < -0.4 is 14.2 Å². The summed E-state index contributed by atoms with van der Waals surface area (Å²) in [6, 6.07) is 12.9. The molecule has 0 spiro atoms. The predicted molar refractivity (Wildman–Crippen MR) is 215 cm³/mol. The van der Waals surface area contributed by atoms with E-state index in [2.05, 4.69) is 25.3 Å². The number of nitrogens with zero attached hydrogens (tertiary/aromatic N) is 2. The molecule has 1 saturated carbocycles. The Balaban J connectivity index is 1.53. The van der Waals surface area contributed by atoms with Crippen molar-refractivity contribution in [1.29, 1.82) is 0 Å². The molecule has 2 aromatic carbocycles. The highest BCUT2D eigenvalue weighted by Gasteiger charge is 2.65. The van der Waals surface area contributed by atoms with E-state index in [4.69, 9.17) is 33.7 Å². The van der Waals surface area contributed by atoms with Crippen molar-refractivity contribution in [1.82, 2.24) is 4.90 Å². The number of unbranched alkanes of at least 4 members (excludes halogenated alkanes) is 2. The zero-order chi connectivity index (χ0) is 39.5. The van der Waals surface area contributed by atoms with Crippen molar-refractivity contribution in [2.24, 2.45) is 22.9 Å². The number of aliphatic hydroxyl groups is 2. The number of likely N-dealkylation sites (N-methyl/N-ethyl adjacent to an activating group) is 1. The average molecular weight is 773 g/mol. The zero-order valence-electron chi connectivity index (χ0n) is 33.1. The van der Waals surface area contributed by atoms with Crippen molar-refractivity contribution in [2.75, 3.05) is 47.2 Å². The Morgan fingerprint density at radius 1 is 1.02 bits per heavy atom. The van der Waals surface area contributed by atoms with Crippen LogP contribution in [0.4, 0.5) is 0 Å². The van der Waals surface area contributed by atoms with Crippen molar-refractivity contribution in [2.45, 2.75) is 94.7 Å². The molecule has 2 aromatic rings. The van der Waals surface area contributed by atoms with Crippen molar-refractivity contribution < 1.29 is 43.5 Å². The van der Waals surface area contributed by atoms with Gasteiger partial charge >= 0.3 is 0 Å². The molecule has 4 aliphatic rings. The maximum absolute atomic E-state index is 14.5. The van der Waals surface area contributed by atoms with Gasteiger partial charge in [0.25, 0.3) is 0 Å². The quantitative estimate of drug-likeness (QED) is 0.0822. The van der Waals surface area contributed by atoms with E-state index >= 15 is 0 Å². The van der Waals surface area contributed by atoms with Gasteiger partial charge in [0.2, 0.25) is 18.0 Å². The highest BCUT2D eigenvalue weighted by molar-refractivity contribution is 6.03. The largest absolute Gasteiger partial charge is 0.497 e. The van der Waals surface area contributed by atoms with Crippen LogP contribution >= 0.6 is 0 Å². The molecule has 11 nitrogen and oxygen atoms in total. The fraction of sp³-hybridized carbons (Fsp3) is 0.556. The summed E-state index contributed by atoms with van der Waals surface area (Å²) in [4.78, 5) is 22.4. The van der Waals surface area contributed by atoms with E-state index in [9.17, 15) is 15.0 Å². The van der Waals surface area contributed by atoms with Crippen LogP contribution in [0.1, 0.15) is 81.3 Å². The third kappa shape index (κ3) is 9.17. The molecule has 7 unspecified atom stereocenters. The summed E-state index contributed by atoms with van der Waals surface area (Å²) < 4.78 is 31.8. The van der Waals surface area contributed by atoms with Gasteiger partial charge in [0.15, 0.2) is 0 Å². The number of fused-ring (bicyclic) bond motifs is 2. The molecule has 0 radical (unpaired) electrons. The number of hydrogen-bond acceptors (Lipinski definition) is 10. The number of carbonyl (C=O) groups excluding carboxylic acids is 1. The van der Waals surface area contributed by atoms with Gasteiger partial charge in [0.1, 0.15) is 29.9 Å². The second-order valence-corrected chi connectivity index (χ2v) is 15.3. The summed E-state index contributed by atoms with van der Waals surface area (Å²) in [5, 5.41) is 24.6. The second kappa shape index (κ2) is 19.8. The molecule has 304 valence electrons. The third-order valence-corrected chi connectivity index (χ3v) is 11.8. The number of rotatable bonds is 20. The van der Waals surface area contributed by atoms with Gasteiger partial charge in [0, 0.05) is 44.6 Å². The van der Waals surface area contributed by atoms with Crippen LogP contribution in [0, 0.1) is 17.8 Å². The molecule has 2 N–H and O–H groups in total. The Morgan fingerprint density at radius 3 is 2.55 bits per heavy atom. The summed E-state index contributed by atoms with van der Waals surface area (Å²) in [7, 11) is 3.44. The van der Waals surface area contributed by atoms with Gasteiger partial charge in [-0.25, -0.2) is 0 Å². The first-order valence-electron chi connectivity index (χ1n) is 20.4. The fourth-order valence-corrected chi connectivity index (χ4v) is 9.14. The van der Waals surface area contributed by atoms with Crippen molar-refractivity contribution in [3.8, 4) is 17.2 Å². The summed E-state index contributed by atoms with van der Waals surface area (Å²) in [5.41, 5.74) is 3.56. The summed E-state index contributed by atoms with van der Waals surface area (Å²) >= 11 is 0. The van der Waals surface area contributed by atoms with Crippen LogP contribution in [0.3, 0.4) is 0 Å². The van der Waals surface area contributed by atoms with Crippen LogP contribution in [-0.4, -0.2) is 92.0 Å². The smallest absolute Gasteiger partial charge is 0.239 e. The summed E-state index contributed by atoms with van der Waals surface area (Å²) in [5.74, 6) is 0.314. The molecule has 2 aliphatic heterocycles. The number of benzene rings is 2. The van der Waals surface area contributed by atoms with Crippen LogP contribution in [0.25, 0.3) is 0 Å². The van der Waals surface area contributed by atoms with Crippen molar-refractivity contribution in [3.63, 3.8) is 0 Å². The molecule has 2 heterocycles. The SMILES string of the molecule is C=CCOc1ccc2c(c1)C1C(CCCCO)C(CCCCO)C=C3C(=NOC4CCCCO4)CC(N(C)C(=O)Cc4cccc(OC)c4)C(OCC=C)(O2)C31. The first-order chi connectivity index (χ1) is 27.4. The number of ether oxygens (including phenoxy) is 5. The number of allylic oxidation sites excluding steroid dienone is 1. The molecule has 0 bridgehead atoms. The Morgan fingerprint density at radius 2 is 1.82 bits per heavy atom. The second-order valence-electron chi connectivity index (χ2n) is 15.3. The monoisotopic (exact) mass is 772 g/mol. The summed E-state index contributed by atoms with van der Waals surface area (Å²) in [6.07, 6.45) is 13.3. The number of carbonyl (C=O) groups is 1. The minimum atomic E-state index is -1.33. The van der Waals surface area contributed by atoms with Gasteiger partial charge < -0.3 is 43.6 Å². The van der Waals surface area contributed by atoms with Gasteiger partial charge in [-0.3, -0.25) is 4.79 Å². The molecule has 56 heavy (non-hydrogen) atoms. The van der Waals surface area contributed by atoms with Crippen LogP contribution in [0.15, 0.2) is 84.6 Å². The maximum Gasteiger partial charge on any atom is 0.239 e. The lowest BCUT2D eigenvalue weighted by molar-refractivity contribution is -0.255. The minimum Gasteiger partial charge on any atom is -0.497 e. The fourth-order valence-electron chi connectivity index (χ4n) is 9.14. The van der Waals surface area contributed by atoms with E-state index in [1.165, 1.54) is 0 Å². The first kappa shape index (κ1) is 41.5. The maximum atomic E-state index is 14.5. The van der Waals surface area contributed by atoms with E-state index in [0.29, 0.717) is 49.7 Å². The molecule has 11 heteroatoms. The molecule has 0 aromatic heterocycles. The normalized spacial score (nSPS) is 27.2. The lowest BCUT2D eigenvalue weighted by Crippen LogP contribution is -2.69. The molecule has 1 amide bonds. The predicted octanol–water partition coefficient (Wildman–Crippen LogP) is 7.12. The molecule has 6 rings (SSSR count). The molecular weight excluding hydrogens is 712 g/mol. The first-order valence-corrected chi connectivity index (χ1v) is 20.4. The zero-order valence-corrected chi connectivity index (χ0v) is 33.1. The number of amides is 1.